The third kappa shape index (κ3) is 4.46. The van der Waals surface area contributed by atoms with E-state index in [0.29, 0.717) is 13.0 Å². The van der Waals surface area contributed by atoms with Crippen molar-refractivity contribution in [3.63, 3.8) is 0 Å². The fourth-order valence-electron chi connectivity index (χ4n) is 1.22. The Morgan fingerprint density at radius 1 is 1.44 bits per heavy atom. The van der Waals surface area contributed by atoms with Crippen LogP contribution in [-0.2, 0) is 11.2 Å². The number of hydrogen-bond donors (Lipinski definition) is 2. The van der Waals surface area contributed by atoms with Gasteiger partial charge in [0.2, 0.25) is 0 Å². The van der Waals surface area contributed by atoms with Crippen molar-refractivity contribution in [3.05, 3.63) is 29.8 Å². The first-order valence-electron chi connectivity index (χ1n) is 4.89. The number of benzene rings is 1. The van der Waals surface area contributed by atoms with Crippen LogP contribution < -0.4 is 10.5 Å². The van der Waals surface area contributed by atoms with Crippen LogP contribution in [0.4, 0.5) is 0 Å². The summed E-state index contributed by atoms with van der Waals surface area (Å²) in [4.78, 5) is 10.6. The summed E-state index contributed by atoms with van der Waals surface area (Å²) in [6, 6.07) is 6.53. The van der Waals surface area contributed by atoms with Crippen LogP contribution in [-0.4, -0.2) is 23.7 Å². The van der Waals surface area contributed by atoms with Crippen molar-refractivity contribution in [2.45, 2.75) is 16.6 Å². The van der Waals surface area contributed by atoms with Gasteiger partial charge in [-0.3, -0.25) is 0 Å². The molecule has 0 fully saturated rings. The Labute approximate surface area is 110 Å². The Bertz CT molecular complexity index is 340. The maximum atomic E-state index is 10.6. The molecule has 16 heavy (non-hydrogen) atoms. The van der Waals surface area contributed by atoms with Crippen molar-refractivity contribution in [2.75, 3.05) is 6.61 Å². The van der Waals surface area contributed by atoms with Gasteiger partial charge in [0.05, 0.1) is 0 Å². The minimum atomic E-state index is -0.978. The first-order valence-corrected chi connectivity index (χ1v) is 6.97. The van der Waals surface area contributed by atoms with E-state index in [1.165, 1.54) is 0 Å². The third-order valence-corrected chi connectivity index (χ3v) is 2.64. The monoisotopic (exact) mass is 418 g/mol. The number of aliphatic carboxylic acids is 1. The predicted molar refractivity (Wildman–Crippen MR) is 56.1 cm³/mol. The molecule has 0 aliphatic carbocycles. The van der Waals surface area contributed by atoms with Crippen molar-refractivity contribution in [2.24, 2.45) is 5.73 Å². The van der Waals surface area contributed by atoms with Crippen LogP contribution in [0, 0.1) is 24.7 Å². The number of carboxylic acid groups (broad SMARTS) is 1. The van der Waals surface area contributed by atoms with Crippen LogP contribution >= 0.6 is 0 Å². The molecular weight excluding hydrogens is 404 g/mol. The average Bonchev–Trinajstić information content (AvgIpc) is 2.28. The summed E-state index contributed by atoms with van der Waals surface area (Å²) >= 11 is 1.68. The van der Waals surface area contributed by atoms with Gasteiger partial charge >= 0.3 is 110 Å². The van der Waals surface area contributed by atoms with Gasteiger partial charge in [-0.05, 0) is 0 Å². The summed E-state index contributed by atoms with van der Waals surface area (Å²) in [6.45, 7) is 0.713. The Morgan fingerprint density at radius 3 is 2.56 bits per heavy atom. The first kappa shape index (κ1) is 13.4. The molecule has 1 atom stereocenters. The fourth-order valence-corrected chi connectivity index (χ4v) is 1.52. The molecule has 1 rings (SSSR count). The first-order chi connectivity index (χ1) is 7.63. The van der Waals surface area contributed by atoms with E-state index in [9.17, 15) is 4.79 Å². The second-order valence-corrected chi connectivity index (χ2v) is 4.80. The van der Waals surface area contributed by atoms with Gasteiger partial charge in [0.1, 0.15) is 0 Å². The molecule has 1 aromatic carbocycles. The molecule has 4 nitrogen and oxygen atoms in total. The summed E-state index contributed by atoms with van der Waals surface area (Å²) in [5.74, 6) is -0.169. The Morgan fingerprint density at radius 2 is 2.06 bits per heavy atom. The van der Waals surface area contributed by atoms with Gasteiger partial charge in [-0.2, -0.15) is 0 Å². The second-order valence-electron chi connectivity index (χ2n) is 3.33. The van der Waals surface area contributed by atoms with Gasteiger partial charge in [0.15, 0.2) is 0 Å². The molecule has 0 spiro atoms. The number of nitrogens with two attached hydrogens (primary N) is 1. The number of ether oxygens (including phenoxy) is 1. The molecule has 0 bridgehead atoms. The Balaban J connectivity index is 2.54. The molecule has 5 heteroatoms. The fraction of sp³-hybridized carbons (Fsp3) is 0.364. The van der Waals surface area contributed by atoms with E-state index in [1.54, 1.807) is 24.7 Å². The van der Waals surface area contributed by atoms with Crippen molar-refractivity contribution < 1.29 is 39.4 Å². The predicted octanol–water partition coefficient (Wildman–Crippen LogP) is 0.987. The third-order valence-electron chi connectivity index (χ3n) is 2.04. The van der Waals surface area contributed by atoms with Crippen molar-refractivity contribution >= 4 is 5.97 Å². The van der Waals surface area contributed by atoms with E-state index >= 15 is 0 Å². The van der Waals surface area contributed by atoms with Gasteiger partial charge in [0.25, 0.3) is 0 Å². The number of hydrogen-bond acceptors (Lipinski definition) is 3. The van der Waals surface area contributed by atoms with Crippen molar-refractivity contribution in [1.29, 1.82) is 0 Å². The Kier molecular flexibility index (Phi) is 5.71. The van der Waals surface area contributed by atoms with Crippen LogP contribution in [0.1, 0.15) is 5.56 Å². The van der Waals surface area contributed by atoms with Crippen molar-refractivity contribution in [1.82, 2.24) is 0 Å². The SMILES string of the molecule is N[C@@H](Cc1ccc(OCC[At])cc1)C(=O)O. The van der Waals surface area contributed by atoms with Gasteiger partial charge in [-0.15, -0.1) is 0 Å². The summed E-state index contributed by atoms with van der Waals surface area (Å²) in [5.41, 5.74) is 6.34. The van der Waals surface area contributed by atoms with E-state index in [2.05, 4.69) is 0 Å². The molecule has 0 aliphatic rings. The zero-order chi connectivity index (χ0) is 12.0. The molecule has 0 aromatic heterocycles. The van der Waals surface area contributed by atoms with E-state index in [0.717, 1.165) is 15.4 Å². The molecule has 88 valence electrons. The zero-order valence-corrected chi connectivity index (χ0v) is 11.7. The topological polar surface area (TPSA) is 72.5 Å². The number of rotatable bonds is 6. The van der Waals surface area contributed by atoms with Crippen LogP contribution in [0.25, 0.3) is 0 Å². The van der Waals surface area contributed by atoms with Gasteiger partial charge in [0, 0.05) is 0 Å². The second kappa shape index (κ2) is 6.82. The zero-order valence-electron chi connectivity index (χ0n) is 8.73. The van der Waals surface area contributed by atoms with E-state index < -0.39 is 12.0 Å². The summed E-state index contributed by atoms with van der Waals surface area (Å²) in [7, 11) is 0. The molecule has 3 N–H and O–H groups in total. The summed E-state index contributed by atoms with van der Waals surface area (Å²) < 4.78 is 6.45. The molecule has 0 radical (unpaired) electrons. The number of carbonyl (C=O) groups is 1. The Hall–Kier alpha value is -0.667. The van der Waals surface area contributed by atoms with Crippen LogP contribution in [0.15, 0.2) is 24.3 Å². The molecule has 0 heterocycles. The molecule has 0 saturated carbocycles. The van der Waals surface area contributed by atoms with Crippen LogP contribution in [0.5, 0.6) is 5.75 Å². The molecular formula is C11H14AtNO3. The van der Waals surface area contributed by atoms with Crippen molar-refractivity contribution in [3.8, 4) is 5.75 Å². The van der Waals surface area contributed by atoms with E-state index in [4.69, 9.17) is 15.6 Å². The standard InChI is InChI=1S/C11H14AtNO3/c12-5-6-16-9-3-1-8(2-4-9)7-10(13)11(14)15/h1-4,10H,5-7,13H2,(H,14,15)/t10-/m0/s1. The maximum absolute atomic E-state index is 10.6. The van der Waals surface area contributed by atoms with E-state index in [1.807, 2.05) is 24.3 Å². The molecule has 0 unspecified atom stereocenters. The molecule has 0 aliphatic heterocycles. The summed E-state index contributed by atoms with van der Waals surface area (Å²) in [6.07, 6.45) is 0.339. The average molecular weight is 418 g/mol. The van der Waals surface area contributed by atoms with Gasteiger partial charge < -0.3 is 0 Å². The molecule has 0 amide bonds. The van der Waals surface area contributed by atoms with E-state index in [-0.39, 0.29) is 0 Å². The van der Waals surface area contributed by atoms with Crippen LogP contribution in [0.2, 0.25) is 4.13 Å². The molecule has 0 saturated heterocycles. The molecule has 1 aromatic rings. The minimum absolute atomic E-state index is 0.339. The van der Waals surface area contributed by atoms with Crippen LogP contribution in [0.3, 0.4) is 0 Å². The van der Waals surface area contributed by atoms with Gasteiger partial charge in [-0.1, -0.05) is 0 Å². The normalized spacial score (nSPS) is 12.1. The number of carboxylic acids is 1. The summed E-state index contributed by atoms with van der Waals surface area (Å²) in [5, 5.41) is 8.67. The quantitative estimate of drug-likeness (QED) is 0.723. The van der Waals surface area contributed by atoms with Gasteiger partial charge in [-0.25, -0.2) is 0 Å².